The minimum atomic E-state index is -0.200. The van der Waals surface area contributed by atoms with E-state index in [4.69, 9.17) is 0 Å². The first-order valence-corrected chi connectivity index (χ1v) is 7.56. The van der Waals surface area contributed by atoms with E-state index in [1.807, 2.05) is 18.2 Å². The molecule has 0 bridgehead atoms. The van der Waals surface area contributed by atoms with Crippen molar-refractivity contribution in [2.24, 2.45) is 0 Å². The summed E-state index contributed by atoms with van der Waals surface area (Å²) >= 11 is 0. The summed E-state index contributed by atoms with van der Waals surface area (Å²) in [5, 5.41) is 0. The molecule has 0 nitrogen and oxygen atoms in total. The molecule has 0 aliphatic carbocycles. The van der Waals surface area contributed by atoms with E-state index >= 15 is 0 Å². The predicted molar refractivity (Wildman–Crippen MR) is 88.9 cm³/mol. The van der Waals surface area contributed by atoms with Gasteiger partial charge in [-0.2, -0.15) is 0 Å². The lowest BCUT2D eigenvalue weighted by Gasteiger charge is -2.31. The molecule has 0 spiro atoms. The van der Waals surface area contributed by atoms with Gasteiger partial charge in [0.2, 0.25) is 0 Å². The van der Waals surface area contributed by atoms with Crippen molar-refractivity contribution in [1.82, 2.24) is 0 Å². The van der Waals surface area contributed by atoms with Gasteiger partial charge in [-0.3, -0.25) is 0 Å². The van der Waals surface area contributed by atoms with E-state index in [1.54, 1.807) is 12.1 Å². The highest BCUT2D eigenvalue weighted by atomic mass is 19.1. The molecule has 2 aromatic carbocycles. The smallest absolute Gasteiger partial charge is 0.123 e. The molecule has 1 heteroatoms. The SMILES string of the molecule is C=C(CC)[C@@](C)(CC)c1cccc(-c2cccc(F)c2)c1. The molecule has 0 heterocycles. The van der Waals surface area contributed by atoms with Gasteiger partial charge in [0.25, 0.3) is 0 Å². The molecule has 0 aliphatic heterocycles. The Balaban J connectivity index is 2.49. The summed E-state index contributed by atoms with van der Waals surface area (Å²) in [7, 11) is 0. The molecule has 2 rings (SSSR count). The average molecular weight is 282 g/mol. The van der Waals surface area contributed by atoms with E-state index in [0.29, 0.717) is 0 Å². The fourth-order valence-electron chi connectivity index (χ4n) is 2.76. The average Bonchev–Trinajstić information content (AvgIpc) is 2.53. The number of rotatable bonds is 5. The number of hydrogen-bond acceptors (Lipinski definition) is 0. The number of benzene rings is 2. The molecule has 0 saturated heterocycles. The van der Waals surface area contributed by atoms with Crippen molar-refractivity contribution in [2.75, 3.05) is 0 Å². The largest absolute Gasteiger partial charge is 0.207 e. The van der Waals surface area contributed by atoms with Crippen molar-refractivity contribution in [3.63, 3.8) is 0 Å². The Morgan fingerprint density at radius 3 is 2.24 bits per heavy atom. The van der Waals surface area contributed by atoms with Crippen LogP contribution in [0.5, 0.6) is 0 Å². The van der Waals surface area contributed by atoms with Gasteiger partial charge in [-0.1, -0.05) is 69.3 Å². The van der Waals surface area contributed by atoms with Crippen LogP contribution < -0.4 is 0 Å². The van der Waals surface area contributed by atoms with Crippen molar-refractivity contribution in [3.8, 4) is 11.1 Å². The van der Waals surface area contributed by atoms with Crippen LogP contribution in [0.1, 0.15) is 39.2 Å². The lowest BCUT2D eigenvalue weighted by molar-refractivity contribution is 0.523. The Hall–Kier alpha value is -1.89. The molecule has 0 amide bonds. The molecular formula is C20H23F. The van der Waals surface area contributed by atoms with Crippen LogP contribution in [0.15, 0.2) is 60.7 Å². The molecule has 0 aliphatic rings. The van der Waals surface area contributed by atoms with E-state index in [-0.39, 0.29) is 11.2 Å². The minimum Gasteiger partial charge on any atom is -0.207 e. The molecule has 0 fully saturated rings. The van der Waals surface area contributed by atoms with Crippen LogP contribution in [0.3, 0.4) is 0 Å². The highest BCUT2D eigenvalue weighted by molar-refractivity contribution is 5.65. The number of halogens is 1. The topological polar surface area (TPSA) is 0 Å². The summed E-state index contributed by atoms with van der Waals surface area (Å²) in [6.45, 7) is 10.8. The van der Waals surface area contributed by atoms with Crippen LogP contribution >= 0.6 is 0 Å². The standard InChI is InChI=1S/C20H23F/c1-5-15(3)20(4,6-2)18-11-7-9-16(13-18)17-10-8-12-19(21)14-17/h7-14H,3,5-6H2,1-2,4H3/t20-/m1/s1. The zero-order valence-electron chi connectivity index (χ0n) is 13.1. The molecule has 0 aromatic heterocycles. The quantitative estimate of drug-likeness (QED) is 0.579. The van der Waals surface area contributed by atoms with E-state index in [1.165, 1.54) is 17.2 Å². The highest BCUT2D eigenvalue weighted by Crippen LogP contribution is 2.37. The Morgan fingerprint density at radius 2 is 1.67 bits per heavy atom. The minimum absolute atomic E-state index is 0.0297. The van der Waals surface area contributed by atoms with Gasteiger partial charge in [0, 0.05) is 5.41 Å². The van der Waals surface area contributed by atoms with Gasteiger partial charge in [0.15, 0.2) is 0 Å². The lowest BCUT2D eigenvalue weighted by atomic mass is 9.73. The Morgan fingerprint density at radius 1 is 1.05 bits per heavy atom. The fraction of sp³-hybridized carbons (Fsp3) is 0.300. The van der Waals surface area contributed by atoms with Crippen LogP contribution in [-0.4, -0.2) is 0 Å². The maximum atomic E-state index is 13.4. The molecule has 2 aromatic rings. The van der Waals surface area contributed by atoms with Gasteiger partial charge in [-0.25, -0.2) is 4.39 Å². The highest BCUT2D eigenvalue weighted by Gasteiger charge is 2.27. The maximum absolute atomic E-state index is 13.4. The van der Waals surface area contributed by atoms with E-state index in [2.05, 4.69) is 39.5 Å². The number of hydrogen-bond donors (Lipinski definition) is 0. The monoisotopic (exact) mass is 282 g/mol. The van der Waals surface area contributed by atoms with E-state index in [9.17, 15) is 4.39 Å². The zero-order chi connectivity index (χ0) is 15.5. The molecule has 110 valence electrons. The van der Waals surface area contributed by atoms with Crippen molar-refractivity contribution in [1.29, 1.82) is 0 Å². The van der Waals surface area contributed by atoms with Crippen molar-refractivity contribution >= 4 is 0 Å². The van der Waals surface area contributed by atoms with Gasteiger partial charge in [0.05, 0.1) is 0 Å². The Kier molecular flexibility index (Phi) is 4.62. The fourth-order valence-corrected chi connectivity index (χ4v) is 2.76. The second kappa shape index (κ2) is 6.26. The first kappa shape index (κ1) is 15.5. The van der Waals surface area contributed by atoms with Gasteiger partial charge in [-0.15, -0.1) is 0 Å². The van der Waals surface area contributed by atoms with Crippen LogP contribution in [0.2, 0.25) is 0 Å². The first-order chi connectivity index (χ1) is 10.0. The summed E-state index contributed by atoms with van der Waals surface area (Å²) in [4.78, 5) is 0. The van der Waals surface area contributed by atoms with Crippen LogP contribution in [0.25, 0.3) is 11.1 Å². The third-order valence-corrected chi connectivity index (χ3v) is 4.57. The summed E-state index contributed by atoms with van der Waals surface area (Å²) in [5.74, 6) is -0.200. The second-order valence-electron chi connectivity index (χ2n) is 5.73. The first-order valence-electron chi connectivity index (χ1n) is 7.56. The molecule has 0 radical (unpaired) electrons. The molecule has 1 atom stereocenters. The zero-order valence-corrected chi connectivity index (χ0v) is 13.1. The molecule has 21 heavy (non-hydrogen) atoms. The van der Waals surface area contributed by atoms with E-state index in [0.717, 1.165) is 24.0 Å². The lowest BCUT2D eigenvalue weighted by Crippen LogP contribution is -2.23. The van der Waals surface area contributed by atoms with Gasteiger partial charge in [-0.05, 0) is 41.7 Å². The molecule has 0 N–H and O–H groups in total. The van der Waals surface area contributed by atoms with Crippen LogP contribution in [0, 0.1) is 5.82 Å². The Labute approximate surface area is 127 Å². The Bertz CT molecular complexity index is 642. The summed E-state index contributed by atoms with van der Waals surface area (Å²) in [6, 6.07) is 15.1. The second-order valence-corrected chi connectivity index (χ2v) is 5.73. The summed E-state index contributed by atoms with van der Waals surface area (Å²) < 4.78 is 13.4. The predicted octanol–water partition coefficient (Wildman–Crippen LogP) is 6.13. The molecule has 0 unspecified atom stereocenters. The van der Waals surface area contributed by atoms with Gasteiger partial charge < -0.3 is 0 Å². The third-order valence-electron chi connectivity index (χ3n) is 4.57. The van der Waals surface area contributed by atoms with E-state index < -0.39 is 0 Å². The van der Waals surface area contributed by atoms with Gasteiger partial charge in [0.1, 0.15) is 5.82 Å². The summed E-state index contributed by atoms with van der Waals surface area (Å²) in [6.07, 6.45) is 1.97. The third kappa shape index (κ3) is 3.07. The molecular weight excluding hydrogens is 259 g/mol. The maximum Gasteiger partial charge on any atom is 0.123 e. The normalized spacial score (nSPS) is 13.7. The van der Waals surface area contributed by atoms with Crippen LogP contribution in [-0.2, 0) is 5.41 Å². The summed E-state index contributed by atoms with van der Waals surface area (Å²) in [5.41, 5.74) is 4.42. The molecule has 0 saturated carbocycles. The number of allylic oxidation sites excluding steroid dienone is 1. The van der Waals surface area contributed by atoms with Crippen molar-refractivity contribution in [2.45, 2.75) is 39.0 Å². The van der Waals surface area contributed by atoms with Crippen molar-refractivity contribution < 1.29 is 4.39 Å². The van der Waals surface area contributed by atoms with Crippen molar-refractivity contribution in [3.05, 3.63) is 72.1 Å². The van der Waals surface area contributed by atoms with Crippen LogP contribution in [0.4, 0.5) is 4.39 Å². The van der Waals surface area contributed by atoms with Gasteiger partial charge >= 0.3 is 0 Å².